The van der Waals surface area contributed by atoms with Crippen molar-refractivity contribution in [3.63, 3.8) is 0 Å². The fourth-order valence-electron chi connectivity index (χ4n) is 2.67. The molecule has 1 saturated carbocycles. The molecule has 1 atom stereocenters. The molecule has 4 heteroatoms. The Morgan fingerprint density at radius 1 is 1.41 bits per heavy atom. The number of carbonyl (C=O) groups is 1. The molecule has 0 saturated heterocycles. The van der Waals surface area contributed by atoms with Crippen LogP contribution >= 0.6 is 0 Å². The van der Waals surface area contributed by atoms with Gasteiger partial charge < -0.3 is 14.8 Å². The van der Waals surface area contributed by atoms with Crippen LogP contribution in [0.15, 0.2) is 18.2 Å². The van der Waals surface area contributed by atoms with E-state index < -0.39 is 5.60 Å². The molecule has 1 aromatic carbocycles. The SMILES string of the molecule is CCO[C@@](C)(C(=O)Nc1ccc(OC(C)C)c(C)c1)C1CC1. The van der Waals surface area contributed by atoms with Gasteiger partial charge in [-0.1, -0.05) is 0 Å². The molecule has 2 rings (SSSR count). The molecule has 0 spiro atoms. The van der Waals surface area contributed by atoms with E-state index in [1.54, 1.807) is 0 Å². The Morgan fingerprint density at radius 2 is 2.09 bits per heavy atom. The van der Waals surface area contributed by atoms with E-state index in [2.05, 4.69) is 5.32 Å². The van der Waals surface area contributed by atoms with E-state index in [9.17, 15) is 4.79 Å². The molecule has 22 heavy (non-hydrogen) atoms. The van der Waals surface area contributed by atoms with Crippen molar-refractivity contribution in [3.05, 3.63) is 23.8 Å². The predicted molar refractivity (Wildman–Crippen MR) is 88.3 cm³/mol. The third kappa shape index (κ3) is 3.80. The first-order valence-corrected chi connectivity index (χ1v) is 8.09. The van der Waals surface area contributed by atoms with Gasteiger partial charge in [-0.25, -0.2) is 0 Å². The zero-order valence-electron chi connectivity index (χ0n) is 14.2. The van der Waals surface area contributed by atoms with Gasteiger partial charge >= 0.3 is 0 Å². The summed E-state index contributed by atoms with van der Waals surface area (Å²) in [5.41, 5.74) is 1.07. The van der Waals surface area contributed by atoms with E-state index in [0.29, 0.717) is 12.5 Å². The number of aryl methyl sites for hydroxylation is 1. The Bertz CT molecular complexity index is 537. The lowest BCUT2D eigenvalue weighted by Gasteiger charge is -2.28. The highest BCUT2D eigenvalue weighted by atomic mass is 16.5. The van der Waals surface area contributed by atoms with Crippen LogP contribution in [-0.2, 0) is 9.53 Å². The van der Waals surface area contributed by atoms with Crippen molar-refractivity contribution in [2.45, 2.75) is 59.2 Å². The van der Waals surface area contributed by atoms with Crippen LogP contribution in [-0.4, -0.2) is 24.2 Å². The van der Waals surface area contributed by atoms with Gasteiger partial charge in [0.25, 0.3) is 5.91 Å². The number of nitrogens with one attached hydrogen (secondary N) is 1. The highest BCUT2D eigenvalue weighted by Crippen LogP contribution is 2.42. The average molecular weight is 305 g/mol. The number of carbonyl (C=O) groups excluding carboxylic acids is 1. The second-order valence-corrected chi connectivity index (χ2v) is 6.42. The second-order valence-electron chi connectivity index (χ2n) is 6.42. The summed E-state index contributed by atoms with van der Waals surface area (Å²) >= 11 is 0. The second kappa shape index (κ2) is 6.69. The van der Waals surface area contributed by atoms with Gasteiger partial charge in [-0.2, -0.15) is 0 Å². The van der Waals surface area contributed by atoms with Crippen LogP contribution in [0.5, 0.6) is 5.75 Å². The number of benzene rings is 1. The minimum absolute atomic E-state index is 0.0613. The summed E-state index contributed by atoms with van der Waals surface area (Å²) in [4.78, 5) is 12.6. The average Bonchev–Trinajstić information content (AvgIpc) is 3.26. The highest BCUT2D eigenvalue weighted by molar-refractivity contribution is 5.97. The van der Waals surface area contributed by atoms with Crippen molar-refractivity contribution in [2.24, 2.45) is 5.92 Å². The van der Waals surface area contributed by atoms with Gasteiger partial charge in [0.1, 0.15) is 11.4 Å². The monoisotopic (exact) mass is 305 g/mol. The lowest BCUT2D eigenvalue weighted by Crippen LogP contribution is -2.44. The number of rotatable bonds is 7. The zero-order chi connectivity index (χ0) is 16.3. The topological polar surface area (TPSA) is 47.6 Å². The molecule has 1 fully saturated rings. The minimum Gasteiger partial charge on any atom is -0.491 e. The predicted octanol–water partition coefficient (Wildman–Crippen LogP) is 3.93. The zero-order valence-corrected chi connectivity index (χ0v) is 14.2. The molecule has 1 aliphatic rings. The summed E-state index contributed by atoms with van der Waals surface area (Å²) in [5, 5.41) is 2.99. The molecule has 1 aromatic rings. The largest absolute Gasteiger partial charge is 0.491 e. The number of hydrogen-bond acceptors (Lipinski definition) is 3. The molecule has 1 N–H and O–H groups in total. The van der Waals surface area contributed by atoms with Gasteiger partial charge in [-0.15, -0.1) is 0 Å². The Labute approximate surface area is 133 Å². The van der Waals surface area contributed by atoms with Crippen LogP contribution in [0.3, 0.4) is 0 Å². The fourth-order valence-corrected chi connectivity index (χ4v) is 2.67. The number of amides is 1. The maximum absolute atomic E-state index is 12.6. The van der Waals surface area contributed by atoms with Crippen LogP contribution in [0.25, 0.3) is 0 Å². The van der Waals surface area contributed by atoms with Crippen LogP contribution in [0, 0.1) is 12.8 Å². The van der Waals surface area contributed by atoms with Gasteiger partial charge in [0.15, 0.2) is 0 Å². The van der Waals surface area contributed by atoms with Crippen LogP contribution in [0.2, 0.25) is 0 Å². The van der Waals surface area contributed by atoms with E-state index in [0.717, 1.165) is 29.8 Å². The Morgan fingerprint density at radius 3 is 2.59 bits per heavy atom. The first-order chi connectivity index (χ1) is 10.4. The lowest BCUT2D eigenvalue weighted by molar-refractivity contribution is -0.141. The molecule has 0 unspecified atom stereocenters. The van der Waals surface area contributed by atoms with Crippen LogP contribution < -0.4 is 10.1 Å². The quantitative estimate of drug-likeness (QED) is 0.830. The molecule has 1 amide bonds. The van der Waals surface area contributed by atoms with Crippen molar-refractivity contribution in [1.82, 2.24) is 0 Å². The Balaban J connectivity index is 2.09. The van der Waals surface area contributed by atoms with Crippen molar-refractivity contribution in [1.29, 1.82) is 0 Å². The van der Waals surface area contributed by atoms with Crippen LogP contribution in [0.4, 0.5) is 5.69 Å². The molecule has 0 bridgehead atoms. The molecule has 0 aromatic heterocycles. The maximum Gasteiger partial charge on any atom is 0.256 e. The van der Waals surface area contributed by atoms with Crippen molar-refractivity contribution >= 4 is 11.6 Å². The van der Waals surface area contributed by atoms with E-state index in [4.69, 9.17) is 9.47 Å². The summed E-state index contributed by atoms with van der Waals surface area (Å²) in [6.07, 6.45) is 2.25. The first-order valence-electron chi connectivity index (χ1n) is 8.09. The summed E-state index contributed by atoms with van der Waals surface area (Å²) in [6.45, 7) is 10.3. The van der Waals surface area contributed by atoms with Gasteiger partial charge in [0.05, 0.1) is 6.10 Å². The standard InChI is InChI=1S/C18H27NO3/c1-6-21-18(5,14-7-8-14)17(20)19-15-9-10-16(13(4)11-15)22-12(2)3/h9-12,14H,6-8H2,1-5H3,(H,19,20)/t18-/m1/s1. The normalized spacial score (nSPS) is 17.2. The van der Waals surface area contributed by atoms with Crippen molar-refractivity contribution < 1.29 is 14.3 Å². The summed E-state index contributed by atoms with van der Waals surface area (Å²) < 4.78 is 11.5. The molecule has 0 radical (unpaired) electrons. The smallest absolute Gasteiger partial charge is 0.256 e. The molecule has 0 aliphatic heterocycles. The van der Waals surface area contributed by atoms with E-state index in [1.165, 1.54) is 0 Å². The first kappa shape index (κ1) is 16.8. The molecular weight excluding hydrogens is 278 g/mol. The Kier molecular flexibility index (Phi) is 5.12. The summed E-state index contributed by atoms with van der Waals surface area (Å²) in [5.74, 6) is 1.12. The van der Waals surface area contributed by atoms with Gasteiger partial charge in [-0.05, 0) is 77.1 Å². The lowest BCUT2D eigenvalue weighted by atomic mass is 9.98. The summed E-state index contributed by atoms with van der Waals surface area (Å²) in [7, 11) is 0. The van der Waals surface area contributed by atoms with Gasteiger partial charge in [0.2, 0.25) is 0 Å². The number of ether oxygens (including phenoxy) is 2. The van der Waals surface area contributed by atoms with E-state index in [-0.39, 0.29) is 12.0 Å². The third-order valence-corrected chi connectivity index (χ3v) is 4.05. The minimum atomic E-state index is -0.726. The Hall–Kier alpha value is -1.55. The van der Waals surface area contributed by atoms with E-state index in [1.807, 2.05) is 52.8 Å². The van der Waals surface area contributed by atoms with Crippen molar-refractivity contribution in [3.8, 4) is 5.75 Å². The maximum atomic E-state index is 12.6. The number of anilines is 1. The molecule has 122 valence electrons. The van der Waals surface area contributed by atoms with Gasteiger partial charge in [-0.3, -0.25) is 4.79 Å². The van der Waals surface area contributed by atoms with Crippen molar-refractivity contribution in [2.75, 3.05) is 11.9 Å². The van der Waals surface area contributed by atoms with Gasteiger partial charge in [0, 0.05) is 12.3 Å². The van der Waals surface area contributed by atoms with E-state index >= 15 is 0 Å². The third-order valence-electron chi connectivity index (χ3n) is 4.05. The fraction of sp³-hybridized carbons (Fsp3) is 0.611. The molecular formula is C18H27NO3. The molecule has 4 nitrogen and oxygen atoms in total. The molecule has 1 aliphatic carbocycles. The number of hydrogen-bond donors (Lipinski definition) is 1. The van der Waals surface area contributed by atoms with Crippen LogP contribution in [0.1, 0.15) is 46.1 Å². The highest BCUT2D eigenvalue weighted by Gasteiger charge is 2.48. The molecule has 0 heterocycles. The summed E-state index contributed by atoms with van der Waals surface area (Å²) in [6, 6.07) is 5.72.